The van der Waals surface area contributed by atoms with Crippen LogP contribution in [0.5, 0.6) is 0 Å². The molecule has 6 heteroatoms. The zero-order valence-corrected chi connectivity index (χ0v) is 13.3. The second kappa shape index (κ2) is 6.07. The van der Waals surface area contributed by atoms with E-state index in [4.69, 9.17) is 0 Å². The summed E-state index contributed by atoms with van der Waals surface area (Å²) in [4.78, 5) is 27.8. The molecule has 2 saturated heterocycles. The summed E-state index contributed by atoms with van der Waals surface area (Å²) in [6, 6.07) is -0.684. The maximum Gasteiger partial charge on any atom is 0.327 e. The van der Waals surface area contributed by atoms with Gasteiger partial charge in [0.05, 0.1) is 5.37 Å². The highest BCUT2D eigenvalue weighted by Crippen LogP contribution is 2.46. The van der Waals surface area contributed by atoms with Crippen molar-refractivity contribution in [2.24, 2.45) is 11.8 Å². The fourth-order valence-electron chi connectivity index (χ4n) is 3.40. The van der Waals surface area contributed by atoms with Gasteiger partial charge in [0.25, 0.3) is 0 Å². The molecule has 1 N–H and O–H groups in total. The summed E-state index contributed by atoms with van der Waals surface area (Å²) in [7, 11) is 0. The molecular weight excluding hydrogens is 288 g/mol. The Kier molecular flexibility index (Phi) is 4.33. The third-order valence-electron chi connectivity index (χ3n) is 5.03. The highest BCUT2D eigenvalue weighted by Gasteiger charge is 2.49. The van der Waals surface area contributed by atoms with Gasteiger partial charge >= 0.3 is 12.0 Å². The Hall–Kier alpha value is -0.910. The molecule has 2 atom stereocenters. The number of hydrogen-bond acceptors (Lipinski definition) is 3. The van der Waals surface area contributed by atoms with E-state index in [1.54, 1.807) is 16.7 Å². The van der Waals surface area contributed by atoms with Gasteiger partial charge in [-0.2, -0.15) is 0 Å². The van der Waals surface area contributed by atoms with E-state index < -0.39 is 12.0 Å². The molecule has 1 saturated carbocycles. The van der Waals surface area contributed by atoms with Gasteiger partial charge < -0.3 is 10.0 Å². The Labute approximate surface area is 130 Å². The number of piperidine rings is 1. The maximum absolute atomic E-state index is 12.8. The van der Waals surface area contributed by atoms with E-state index in [9.17, 15) is 14.7 Å². The van der Waals surface area contributed by atoms with Crippen molar-refractivity contribution in [2.45, 2.75) is 50.4 Å². The lowest BCUT2D eigenvalue weighted by atomic mass is 9.94. The highest BCUT2D eigenvalue weighted by atomic mass is 32.2. The summed E-state index contributed by atoms with van der Waals surface area (Å²) >= 11 is 1.65. The first kappa shape index (κ1) is 15.0. The fraction of sp³-hybridized carbons (Fsp3) is 0.867. The van der Waals surface area contributed by atoms with E-state index in [1.807, 2.05) is 4.90 Å². The molecule has 3 fully saturated rings. The monoisotopic (exact) mass is 312 g/mol. The molecule has 2 aliphatic heterocycles. The molecule has 1 aliphatic carbocycles. The Morgan fingerprint density at radius 2 is 1.86 bits per heavy atom. The van der Waals surface area contributed by atoms with Gasteiger partial charge in [-0.25, -0.2) is 9.59 Å². The smallest absolute Gasteiger partial charge is 0.327 e. The van der Waals surface area contributed by atoms with Crippen molar-refractivity contribution < 1.29 is 14.7 Å². The first-order chi connectivity index (χ1) is 10.1. The predicted octanol–water partition coefficient (Wildman–Crippen LogP) is 2.47. The van der Waals surface area contributed by atoms with Crippen LogP contribution in [0.4, 0.5) is 4.79 Å². The summed E-state index contributed by atoms with van der Waals surface area (Å²) in [5, 5.41) is 9.49. The number of nitrogens with zero attached hydrogens (tertiary/aromatic N) is 2. The summed E-state index contributed by atoms with van der Waals surface area (Å²) in [6.45, 7) is 3.76. The van der Waals surface area contributed by atoms with Crippen molar-refractivity contribution in [3.63, 3.8) is 0 Å². The lowest BCUT2D eigenvalue weighted by Gasteiger charge is -2.37. The molecule has 118 valence electrons. The molecule has 0 aromatic rings. The van der Waals surface area contributed by atoms with Gasteiger partial charge in [-0.1, -0.05) is 13.3 Å². The van der Waals surface area contributed by atoms with E-state index >= 15 is 0 Å². The number of thioether (sulfide) groups is 1. The van der Waals surface area contributed by atoms with Crippen molar-refractivity contribution in [2.75, 3.05) is 18.8 Å². The zero-order chi connectivity index (χ0) is 15.0. The number of hydrogen-bond donors (Lipinski definition) is 1. The molecule has 5 nitrogen and oxygen atoms in total. The fourth-order valence-corrected chi connectivity index (χ4v) is 5.03. The quantitative estimate of drug-likeness (QED) is 0.869. The van der Waals surface area contributed by atoms with Crippen LogP contribution in [-0.4, -0.2) is 57.2 Å². The first-order valence-corrected chi connectivity index (χ1v) is 9.08. The molecule has 21 heavy (non-hydrogen) atoms. The van der Waals surface area contributed by atoms with Crippen LogP contribution in [-0.2, 0) is 4.79 Å². The molecule has 0 bridgehead atoms. The minimum Gasteiger partial charge on any atom is -0.480 e. The minimum absolute atomic E-state index is 0.0427. The van der Waals surface area contributed by atoms with Crippen LogP contribution in [0.2, 0.25) is 0 Å². The average Bonchev–Trinajstić information content (AvgIpc) is 3.24. The van der Waals surface area contributed by atoms with Crippen LogP contribution in [0.3, 0.4) is 0 Å². The Bertz CT molecular complexity index is 419. The predicted molar refractivity (Wildman–Crippen MR) is 82.2 cm³/mol. The molecule has 3 rings (SSSR count). The second-order valence-corrected chi connectivity index (χ2v) is 7.59. The van der Waals surface area contributed by atoms with E-state index in [1.165, 1.54) is 6.42 Å². The lowest BCUT2D eigenvalue weighted by Crippen LogP contribution is -2.53. The van der Waals surface area contributed by atoms with Gasteiger partial charge in [0.1, 0.15) is 6.04 Å². The number of carboxylic acid groups (broad SMARTS) is 1. The molecule has 0 aromatic heterocycles. The highest BCUT2D eigenvalue weighted by molar-refractivity contribution is 8.00. The van der Waals surface area contributed by atoms with Gasteiger partial charge in [-0.05, 0) is 37.5 Å². The number of aliphatic carboxylic acids is 1. The molecule has 2 amide bonds. The normalized spacial score (nSPS) is 30.7. The number of likely N-dealkylation sites (tertiary alicyclic amines) is 1. The Balaban J connectivity index is 1.69. The average molecular weight is 312 g/mol. The van der Waals surface area contributed by atoms with E-state index in [0.717, 1.165) is 44.7 Å². The topological polar surface area (TPSA) is 60.9 Å². The van der Waals surface area contributed by atoms with Crippen molar-refractivity contribution in [3.05, 3.63) is 0 Å². The van der Waals surface area contributed by atoms with Crippen LogP contribution >= 0.6 is 11.8 Å². The summed E-state index contributed by atoms with van der Waals surface area (Å²) in [5.74, 6) is 0.906. The maximum atomic E-state index is 12.8. The van der Waals surface area contributed by atoms with Crippen molar-refractivity contribution in [1.29, 1.82) is 0 Å². The van der Waals surface area contributed by atoms with Crippen LogP contribution in [0.1, 0.15) is 39.0 Å². The summed E-state index contributed by atoms with van der Waals surface area (Å²) in [6.07, 6.45) is 5.53. The van der Waals surface area contributed by atoms with Crippen molar-refractivity contribution >= 4 is 23.8 Å². The first-order valence-electron chi connectivity index (χ1n) is 8.03. The summed E-state index contributed by atoms with van der Waals surface area (Å²) in [5.41, 5.74) is 0. The van der Waals surface area contributed by atoms with E-state index in [0.29, 0.717) is 11.7 Å². The molecule has 0 spiro atoms. The number of carbonyl (C=O) groups excluding carboxylic acids is 1. The van der Waals surface area contributed by atoms with Gasteiger partial charge in [0.15, 0.2) is 0 Å². The number of carboxylic acids is 1. The van der Waals surface area contributed by atoms with E-state index in [2.05, 4.69) is 6.92 Å². The van der Waals surface area contributed by atoms with Crippen LogP contribution in [0.25, 0.3) is 0 Å². The lowest BCUT2D eigenvalue weighted by molar-refractivity contribution is -0.141. The number of urea groups is 1. The molecule has 0 aromatic carbocycles. The largest absolute Gasteiger partial charge is 0.480 e. The van der Waals surface area contributed by atoms with Crippen molar-refractivity contribution in [3.8, 4) is 0 Å². The molecule has 2 heterocycles. The molecule has 2 unspecified atom stereocenters. The third kappa shape index (κ3) is 3.00. The van der Waals surface area contributed by atoms with E-state index in [-0.39, 0.29) is 11.4 Å². The van der Waals surface area contributed by atoms with Gasteiger partial charge in [-0.15, -0.1) is 11.8 Å². The molecule has 0 radical (unpaired) electrons. The third-order valence-corrected chi connectivity index (χ3v) is 6.49. The number of rotatable bonds is 3. The van der Waals surface area contributed by atoms with Gasteiger partial charge in [0.2, 0.25) is 0 Å². The minimum atomic E-state index is -0.859. The SMILES string of the molecule is CCC1CCN(C(=O)N2C(C(=O)O)CSC2C2CC2)CC1. The van der Waals surface area contributed by atoms with Crippen molar-refractivity contribution in [1.82, 2.24) is 9.80 Å². The zero-order valence-electron chi connectivity index (χ0n) is 12.5. The molecule has 3 aliphatic rings. The molecular formula is C15H24N2O3S. The van der Waals surface area contributed by atoms with Crippen LogP contribution in [0, 0.1) is 11.8 Å². The Morgan fingerprint density at radius 3 is 2.38 bits per heavy atom. The number of carbonyl (C=O) groups is 2. The van der Waals surface area contributed by atoms with Gasteiger partial charge in [0, 0.05) is 18.8 Å². The standard InChI is InChI=1S/C15H24N2O3S/c1-2-10-5-7-16(8-6-10)15(20)17-12(14(18)19)9-21-13(17)11-3-4-11/h10-13H,2-9H2,1H3,(H,18,19). The van der Waals surface area contributed by atoms with Gasteiger partial charge in [-0.3, -0.25) is 4.90 Å². The van der Waals surface area contributed by atoms with Crippen LogP contribution < -0.4 is 0 Å². The number of amides is 2. The second-order valence-electron chi connectivity index (χ2n) is 6.44. The Morgan fingerprint density at radius 1 is 1.19 bits per heavy atom. The van der Waals surface area contributed by atoms with Crippen LogP contribution in [0.15, 0.2) is 0 Å². The summed E-state index contributed by atoms with van der Waals surface area (Å²) < 4.78 is 0.